The van der Waals surface area contributed by atoms with Crippen LogP contribution in [0, 0.1) is 13.8 Å². The molecule has 1 aromatic rings. The summed E-state index contributed by atoms with van der Waals surface area (Å²) in [5.74, 6) is 1.79. The van der Waals surface area contributed by atoms with E-state index in [0.717, 1.165) is 29.4 Å². The van der Waals surface area contributed by atoms with Gasteiger partial charge in [-0.15, -0.1) is 0 Å². The van der Waals surface area contributed by atoms with Gasteiger partial charge < -0.3 is 10.2 Å². The maximum absolute atomic E-state index is 4.43. The number of nitrogens with zero attached hydrogens (tertiary/aromatic N) is 3. The molecule has 0 aliphatic rings. The first-order valence-corrected chi connectivity index (χ1v) is 4.71. The van der Waals surface area contributed by atoms with Crippen molar-refractivity contribution in [2.24, 2.45) is 0 Å². The SMILES string of the molecule is CNc1nc(CN(C)C)nc(C)c1C. The molecule has 4 nitrogen and oxygen atoms in total. The molecule has 0 spiro atoms. The Bertz CT molecular complexity index is 320. The van der Waals surface area contributed by atoms with Crippen molar-refractivity contribution < 1.29 is 0 Å². The van der Waals surface area contributed by atoms with Gasteiger partial charge in [-0.2, -0.15) is 0 Å². The standard InChI is InChI=1S/C10H18N4/c1-7-8(2)12-9(6-14(4)5)13-10(7)11-3/h6H2,1-5H3,(H,11,12,13). The molecular formula is C10H18N4. The van der Waals surface area contributed by atoms with Crippen molar-refractivity contribution in [2.45, 2.75) is 20.4 Å². The Morgan fingerprint density at radius 3 is 2.36 bits per heavy atom. The van der Waals surface area contributed by atoms with E-state index < -0.39 is 0 Å². The van der Waals surface area contributed by atoms with Gasteiger partial charge >= 0.3 is 0 Å². The molecule has 1 aromatic heterocycles. The Morgan fingerprint density at radius 2 is 1.86 bits per heavy atom. The van der Waals surface area contributed by atoms with Crippen molar-refractivity contribution in [3.63, 3.8) is 0 Å². The number of anilines is 1. The molecule has 0 aliphatic carbocycles. The summed E-state index contributed by atoms with van der Waals surface area (Å²) in [5.41, 5.74) is 2.16. The quantitative estimate of drug-likeness (QED) is 0.785. The molecular weight excluding hydrogens is 176 g/mol. The molecule has 4 heteroatoms. The topological polar surface area (TPSA) is 41.1 Å². The number of aryl methyl sites for hydroxylation is 1. The van der Waals surface area contributed by atoms with Crippen molar-refractivity contribution in [2.75, 3.05) is 26.5 Å². The van der Waals surface area contributed by atoms with Crippen LogP contribution in [0.25, 0.3) is 0 Å². The van der Waals surface area contributed by atoms with Gasteiger partial charge in [0, 0.05) is 18.3 Å². The van der Waals surface area contributed by atoms with E-state index in [0.29, 0.717) is 0 Å². The normalized spacial score (nSPS) is 10.7. The molecule has 1 N–H and O–H groups in total. The molecule has 0 radical (unpaired) electrons. The van der Waals surface area contributed by atoms with E-state index in [1.54, 1.807) is 0 Å². The van der Waals surface area contributed by atoms with Crippen LogP contribution in [-0.2, 0) is 6.54 Å². The Morgan fingerprint density at radius 1 is 1.21 bits per heavy atom. The average molecular weight is 194 g/mol. The molecule has 0 amide bonds. The van der Waals surface area contributed by atoms with Gasteiger partial charge in [0.2, 0.25) is 0 Å². The number of hydrogen-bond acceptors (Lipinski definition) is 4. The fourth-order valence-electron chi connectivity index (χ4n) is 1.28. The highest BCUT2D eigenvalue weighted by Crippen LogP contribution is 2.14. The predicted octanol–water partition coefficient (Wildman–Crippen LogP) is 1.20. The lowest BCUT2D eigenvalue weighted by atomic mass is 10.2. The molecule has 0 saturated heterocycles. The van der Waals surface area contributed by atoms with E-state index in [1.165, 1.54) is 0 Å². The highest BCUT2D eigenvalue weighted by Gasteiger charge is 2.06. The van der Waals surface area contributed by atoms with Crippen LogP contribution in [0.3, 0.4) is 0 Å². The van der Waals surface area contributed by atoms with E-state index in [9.17, 15) is 0 Å². The van der Waals surface area contributed by atoms with Gasteiger partial charge in [-0.05, 0) is 27.9 Å². The summed E-state index contributed by atoms with van der Waals surface area (Å²) in [4.78, 5) is 10.9. The molecule has 0 bridgehead atoms. The number of nitrogens with one attached hydrogen (secondary N) is 1. The monoisotopic (exact) mass is 194 g/mol. The van der Waals surface area contributed by atoms with Crippen LogP contribution in [-0.4, -0.2) is 36.0 Å². The Kier molecular flexibility index (Phi) is 3.41. The molecule has 1 rings (SSSR count). The molecule has 0 aliphatic heterocycles. The summed E-state index contributed by atoms with van der Waals surface area (Å²) in [6, 6.07) is 0. The highest BCUT2D eigenvalue weighted by atomic mass is 15.1. The first kappa shape index (κ1) is 10.9. The summed E-state index contributed by atoms with van der Waals surface area (Å²) in [6.45, 7) is 4.81. The van der Waals surface area contributed by atoms with E-state index in [4.69, 9.17) is 0 Å². The molecule has 0 aromatic carbocycles. The van der Waals surface area contributed by atoms with Crippen LogP contribution >= 0.6 is 0 Å². The second kappa shape index (κ2) is 4.37. The zero-order chi connectivity index (χ0) is 10.7. The van der Waals surface area contributed by atoms with Gasteiger partial charge in [-0.1, -0.05) is 0 Å². The fourth-order valence-corrected chi connectivity index (χ4v) is 1.28. The first-order chi connectivity index (χ1) is 6.54. The van der Waals surface area contributed by atoms with Crippen LogP contribution in [0.5, 0.6) is 0 Å². The largest absolute Gasteiger partial charge is 0.373 e. The summed E-state index contributed by atoms with van der Waals surface area (Å²) in [7, 11) is 5.91. The van der Waals surface area contributed by atoms with Crippen molar-refractivity contribution in [1.29, 1.82) is 0 Å². The lowest BCUT2D eigenvalue weighted by Crippen LogP contribution is -2.15. The lowest BCUT2D eigenvalue weighted by molar-refractivity contribution is 0.390. The van der Waals surface area contributed by atoms with E-state index in [-0.39, 0.29) is 0 Å². The van der Waals surface area contributed by atoms with Gasteiger partial charge in [0.25, 0.3) is 0 Å². The third-order valence-corrected chi connectivity index (χ3v) is 2.13. The smallest absolute Gasteiger partial charge is 0.144 e. The first-order valence-electron chi connectivity index (χ1n) is 4.71. The van der Waals surface area contributed by atoms with E-state index >= 15 is 0 Å². The maximum Gasteiger partial charge on any atom is 0.144 e. The molecule has 0 fully saturated rings. The number of rotatable bonds is 3. The summed E-state index contributed by atoms with van der Waals surface area (Å²) >= 11 is 0. The van der Waals surface area contributed by atoms with Gasteiger partial charge in [0.1, 0.15) is 11.6 Å². The summed E-state index contributed by atoms with van der Waals surface area (Å²) in [5, 5.41) is 3.08. The van der Waals surface area contributed by atoms with Gasteiger partial charge in [0.05, 0.1) is 6.54 Å². The third-order valence-electron chi connectivity index (χ3n) is 2.13. The maximum atomic E-state index is 4.43. The average Bonchev–Trinajstić information content (AvgIpc) is 2.10. The van der Waals surface area contributed by atoms with Crippen LogP contribution in [0.2, 0.25) is 0 Å². The summed E-state index contributed by atoms with van der Waals surface area (Å²) in [6.07, 6.45) is 0. The van der Waals surface area contributed by atoms with Crippen LogP contribution in [0.15, 0.2) is 0 Å². The summed E-state index contributed by atoms with van der Waals surface area (Å²) < 4.78 is 0. The Hall–Kier alpha value is -1.16. The molecule has 0 atom stereocenters. The lowest BCUT2D eigenvalue weighted by Gasteiger charge is -2.12. The van der Waals surface area contributed by atoms with Crippen LogP contribution in [0.4, 0.5) is 5.82 Å². The minimum atomic E-state index is 0.774. The second-order valence-corrected chi connectivity index (χ2v) is 3.69. The predicted molar refractivity (Wildman–Crippen MR) is 58.4 cm³/mol. The van der Waals surface area contributed by atoms with Crippen molar-refractivity contribution >= 4 is 5.82 Å². The number of hydrogen-bond donors (Lipinski definition) is 1. The van der Waals surface area contributed by atoms with E-state index in [2.05, 4.69) is 20.2 Å². The Balaban J connectivity index is 3.03. The molecule has 14 heavy (non-hydrogen) atoms. The van der Waals surface area contributed by atoms with Gasteiger partial charge in [0.15, 0.2) is 0 Å². The molecule has 0 saturated carbocycles. The Labute approximate surface area is 85.4 Å². The van der Waals surface area contributed by atoms with Gasteiger partial charge in [-0.3, -0.25) is 0 Å². The molecule has 1 heterocycles. The zero-order valence-electron chi connectivity index (χ0n) is 9.55. The minimum Gasteiger partial charge on any atom is -0.373 e. The van der Waals surface area contributed by atoms with Crippen LogP contribution in [0.1, 0.15) is 17.1 Å². The fraction of sp³-hybridized carbons (Fsp3) is 0.600. The second-order valence-electron chi connectivity index (χ2n) is 3.69. The third kappa shape index (κ3) is 2.42. The van der Waals surface area contributed by atoms with Crippen LogP contribution < -0.4 is 5.32 Å². The van der Waals surface area contributed by atoms with Crippen molar-refractivity contribution in [3.8, 4) is 0 Å². The molecule has 0 unspecified atom stereocenters. The van der Waals surface area contributed by atoms with Crippen molar-refractivity contribution in [1.82, 2.24) is 14.9 Å². The van der Waals surface area contributed by atoms with Gasteiger partial charge in [-0.25, -0.2) is 9.97 Å². The zero-order valence-corrected chi connectivity index (χ0v) is 9.55. The highest BCUT2D eigenvalue weighted by molar-refractivity contribution is 5.44. The molecule has 78 valence electrons. The van der Waals surface area contributed by atoms with E-state index in [1.807, 2.05) is 35.0 Å². The minimum absolute atomic E-state index is 0.774. The number of aromatic nitrogens is 2. The van der Waals surface area contributed by atoms with Crippen molar-refractivity contribution in [3.05, 3.63) is 17.1 Å².